The lowest BCUT2D eigenvalue weighted by atomic mass is 9.83. The lowest BCUT2D eigenvalue weighted by Gasteiger charge is -2.27. The van der Waals surface area contributed by atoms with Crippen LogP contribution in [0, 0.1) is 29.1 Å². The third-order valence-electron chi connectivity index (χ3n) is 6.12. The highest BCUT2D eigenvalue weighted by Crippen LogP contribution is 2.41. The molecule has 31 heavy (non-hydrogen) atoms. The molecule has 4 aliphatic rings. The number of carbonyl (C=O) groups excluding carboxylic acids is 2. The molecule has 0 aliphatic carbocycles. The number of esters is 2. The van der Waals surface area contributed by atoms with Crippen molar-refractivity contribution in [1.82, 2.24) is 0 Å². The maximum absolute atomic E-state index is 12.6. The molecule has 8 atom stereocenters. The van der Waals surface area contributed by atoms with Crippen molar-refractivity contribution in [2.45, 2.75) is 38.3 Å². The van der Waals surface area contributed by atoms with E-state index < -0.39 is 77.4 Å². The predicted octanol–water partition coefficient (Wildman–Crippen LogP) is 0.407. The second-order valence-electron chi connectivity index (χ2n) is 9.06. The number of fused-ring (bicyclic) bond motifs is 4. The zero-order chi connectivity index (χ0) is 22.5. The molecule has 10 heteroatoms. The van der Waals surface area contributed by atoms with Crippen molar-refractivity contribution in [3.05, 3.63) is 24.3 Å². The van der Waals surface area contributed by atoms with E-state index in [2.05, 4.69) is 0 Å². The fourth-order valence-corrected chi connectivity index (χ4v) is 4.53. The smallest absolute Gasteiger partial charge is 0.312 e. The van der Waals surface area contributed by atoms with E-state index in [-0.39, 0.29) is 13.2 Å². The molecule has 4 aliphatic heterocycles. The molecule has 10 nitrogen and oxygen atoms in total. The second-order valence-corrected chi connectivity index (χ2v) is 9.06. The minimum atomic E-state index is -1.12. The minimum absolute atomic E-state index is 0.113. The second kappa shape index (κ2) is 7.76. The van der Waals surface area contributed by atoms with Gasteiger partial charge in [0.2, 0.25) is 0 Å². The van der Waals surface area contributed by atoms with Crippen molar-refractivity contribution >= 4 is 23.9 Å². The van der Waals surface area contributed by atoms with Crippen LogP contribution in [0.1, 0.15) is 13.8 Å². The number of hydrogen-bond acceptors (Lipinski definition) is 8. The fourth-order valence-electron chi connectivity index (χ4n) is 4.53. The summed E-state index contributed by atoms with van der Waals surface area (Å²) in [5.41, 5.74) is -0.772. The van der Waals surface area contributed by atoms with Gasteiger partial charge in [-0.05, 0) is 0 Å². The van der Waals surface area contributed by atoms with Gasteiger partial charge in [0.1, 0.15) is 23.7 Å². The van der Waals surface area contributed by atoms with Gasteiger partial charge in [-0.15, -0.1) is 0 Å². The van der Waals surface area contributed by atoms with Crippen LogP contribution in [0.4, 0.5) is 0 Å². The third kappa shape index (κ3) is 3.85. The molecule has 0 spiro atoms. The summed E-state index contributed by atoms with van der Waals surface area (Å²) in [6.45, 7) is 3.20. The molecule has 0 amide bonds. The van der Waals surface area contributed by atoms with Gasteiger partial charge in [0.05, 0.1) is 37.6 Å². The van der Waals surface area contributed by atoms with Crippen LogP contribution in [0.3, 0.4) is 0 Å². The van der Waals surface area contributed by atoms with Gasteiger partial charge in [-0.25, -0.2) is 0 Å². The molecule has 2 N–H and O–H groups in total. The lowest BCUT2D eigenvalue weighted by Crippen LogP contribution is -2.40. The summed E-state index contributed by atoms with van der Waals surface area (Å²) < 4.78 is 21.7. The highest BCUT2D eigenvalue weighted by molar-refractivity contribution is 5.85. The molecule has 2 fully saturated rings. The van der Waals surface area contributed by atoms with E-state index in [0.29, 0.717) is 0 Å². The van der Waals surface area contributed by atoms with Crippen LogP contribution < -0.4 is 0 Å². The normalized spacial score (nSPS) is 37.2. The molecule has 0 aromatic carbocycles. The molecule has 4 rings (SSSR count). The van der Waals surface area contributed by atoms with Crippen molar-refractivity contribution in [3.8, 4) is 0 Å². The van der Waals surface area contributed by atoms with Gasteiger partial charge in [-0.1, -0.05) is 38.2 Å². The van der Waals surface area contributed by atoms with Crippen LogP contribution >= 0.6 is 0 Å². The van der Waals surface area contributed by atoms with Crippen LogP contribution in [0.5, 0.6) is 0 Å². The molecule has 168 valence electrons. The first-order valence-electron chi connectivity index (χ1n) is 10.1. The van der Waals surface area contributed by atoms with Crippen LogP contribution in [0.15, 0.2) is 24.3 Å². The van der Waals surface area contributed by atoms with E-state index in [1.165, 1.54) is 0 Å². The maximum atomic E-state index is 12.6. The summed E-state index contributed by atoms with van der Waals surface area (Å²) in [6.07, 6.45) is 4.05. The number of ether oxygens (including phenoxy) is 4. The standard InChI is InChI=1S/C21H24O10/c1-21(2,7-28-19(26)15-11-5-3-9(30-11)13(15)17(22)23)8-29-20(27)16-12-6-4-10(31-12)14(16)18(24)25/h3-6,9-16H,7-8H2,1-2H3,(H,22,23)(H,24,25). The first kappa shape index (κ1) is 21.5. The number of hydrogen-bond donors (Lipinski definition) is 2. The van der Waals surface area contributed by atoms with Crippen molar-refractivity contribution in [1.29, 1.82) is 0 Å². The van der Waals surface area contributed by atoms with E-state index in [0.717, 1.165) is 0 Å². The maximum Gasteiger partial charge on any atom is 0.312 e. The summed E-state index contributed by atoms with van der Waals surface area (Å²) in [4.78, 5) is 48.1. The molecule has 4 bridgehead atoms. The molecule has 0 aromatic rings. The lowest BCUT2D eigenvalue weighted by molar-refractivity contribution is -0.164. The molecule has 0 saturated carbocycles. The molecular formula is C21H24O10. The zero-order valence-corrected chi connectivity index (χ0v) is 17.0. The largest absolute Gasteiger partial charge is 0.481 e. The molecule has 0 radical (unpaired) electrons. The minimum Gasteiger partial charge on any atom is -0.481 e. The van der Waals surface area contributed by atoms with Crippen LogP contribution in [-0.2, 0) is 38.1 Å². The first-order chi connectivity index (χ1) is 14.6. The monoisotopic (exact) mass is 436 g/mol. The van der Waals surface area contributed by atoms with Crippen LogP contribution in [-0.4, -0.2) is 71.7 Å². The van der Waals surface area contributed by atoms with Gasteiger partial charge in [0, 0.05) is 5.41 Å². The summed E-state index contributed by atoms with van der Waals surface area (Å²) in [7, 11) is 0. The van der Waals surface area contributed by atoms with Gasteiger partial charge in [0.15, 0.2) is 0 Å². The molecular weight excluding hydrogens is 412 g/mol. The van der Waals surface area contributed by atoms with Crippen LogP contribution in [0.2, 0.25) is 0 Å². The van der Waals surface area contributed by atoms with E-state index in [4.69, 9.17) is 18.9 Å². The number of carbonyl (C=O) groups is 4. The van der Waals surface area contributed by atoms with Crippen molar-refractivity contribution < 1.29 is 48.3 Å². The van der Waals surface area contributed by atoms with Crippen molar-refractivity contribution in [2.75, 3.05) is 13.2 Å². The Balaban J connectivity index is 1.31. The Hall–Kier alpha value is -2.72. The topological polar surface area (TPSA) is 146 Å². The Bertz CT molecular complexity index is 790. The van der Waals surface area contributed by atoms with Crippen molar-refractivity contribution in [3.63, 3.8) is 0 Å². The molecule has 8 unspecified atom stereocenters. The van der Waals surface area contributed by atoms with Gasteiger partial charge < -0.3 is 29.2 Å². The van der Waals surface area contributed by atoms with Crippen molar-refractivity contribution in [2.24, 2.45) is 29.1 Å². The van der Waals surface area contributed by atoms with Gasteiger partial charge in [-0.3, -0.25) is 19.2 Å². The summed E-state index contributed by atoms with van der Waals surface area (Å²) in [5, 5.41) is 18.8. The molecule has 0 aromatic heterocycles. The summed E-state index contributed by atoms with van der Waals surface area (Å²) in [5.74, 6) is -7.46. The molecule has 4 heterocycles. The number of carboxylic acids is 2. The first-order valence-corrected chi connectivity index (χ1v) is 10.1. The summed E-state index contributed by atoms with van der Waals surface area (Å²) >= 11 is 0. The Morgan fingerprint density at radius 2 is 1.03 bits per heavy atom. The Kier molecular flexibility index (Phi) is 5.38. The number of aliphatic carboxylic acids is 2. The highest BCUT2D eigenvalue weighted by atomic mass is 16.6. The van der Waals surface area contributed by atoms with Gasteiger partial charge in [-0.2, -0.15) is 0 Å². The Morgan fingerprint density at radius 3 is 1.35 bits per heavy atom. The van der Waals surface area contributed by atoms with Gasteiger partial charge in [0.25, 0.3) is 0 Å². The summed E-state index contributed by atoms with van der Waals surface area (Å²) in [6, 6.07) is 0. The average molecular weight is 436 g/mol. The molecule has 2 saturated heterocycles. The predicted molar refractivity (Wildman–Crippen MR) is 101 cm³/mol. The van der Waals surface area contributed by atoms with Crippen LogP contribution in [0.25, 0.3) is 0 Å². The highest BCUT2D eigenvalue weighted by Gasteiger charge is 2.55. The number of rotatable bonds is 8. The average Bonchev–Trinajstić information content (AvgIpc) is 3.49. The van der Waals surface area contributed by atoms with Gasteiger partial charge >= 0.3 is 23.9 Å². The Morgan fingerprint density at radius 1 is 0.710 bits per heavy atom. The van der Waals surface area contributed by atoms with E-state index in [9.17, 15) is 29.4 Å². The van der Waals surface area contributed by atoms with E-state index >= 15 is 0 Å². The quantitative estimate of drug-likeness (QED) is 0.405. The third-order valence-corrected chi connectivity index (χ3v) is 6.12. The SMILES string of the molecule is CC(C)(COC(=O)C1C2C=CC(O2)C1C(=O)O)COC(=O)C1C2C=CC(O2)C1C(=O)O. The van der Waals surface area contributed by atoms with E-state index in [1.54, 1.807) is 38.2 Å². The zero-order valence-electron chi connectivity index (χ0n) is 17.0. The number of carboxylic acid groups (broad SMARTS) is 2. The Labute approximate surface area is 177 Å². The van der Waals surface area contributed by atoms with E-state index in [1.807, 2.05) is 0 Å². The fraction of sp³-hybridized carbons (Fsp3) is 0.619.